The molecule has 4 rings (SSSR count). The number of nitrogens with zero attached hydrogens (tertiary/aromatic N) is 4. The van der Waals surface area contributed by atoms with E-state index in [0.29, 0.717) is 6.04 Å². The van der Waals surface area contributed by atoms with E-state index in [9.17, 15) is 0 Å². The summed E-state index contributed by atoms with van der Waals surface area (Å²) in [7, 11) is 0. The van der Waals surface area contributed by atoms with Crippen molar-refractivity contribution in [2.24, 2.45) is 0 Å². The smallest absolute Gasteiger partial charge is 0.138 e. The summed E-state index contributed by atoms with van der Waals surface area (Å²) in [4.78, 5) is 9.51. The van der Waals surface area contributed by atoms with Gasteiger partial charge >= 0.3 is 0 Å². The van der Waals surface area contributed by atoms with Gasteiger partial charge in [0.2, 0.25) is 0 Å². The molecule has 0 bridgehead atoms. The summed E-state index contributed by atoms with van der Waals surface area (Å²) < 4.78 is 2.21. The molecule has 2 aromatic heterocycles. The minimum atomic E-state index is 0.581. The molecule has 0 unspecified atom stereocenters. The standard InChI is InChI=1S/C17H26N6/c1-14-11-21(8-5-19-14)12-15-3-7-23-16(9-15)20-10-17(23)22-6-2-4-18-13-22/h3,7,9-10,14,18-19H,2,4-6,8,11-13H2,1H3/t14-/m0/s1. The van der Waals surface area contributed by atoms with Gasteiger partial charge in [0.05, 0.1) is 12.9 Å². The topological polar surface area (TPSA) is 47.8 Å². The monoisotopic (exact) mass is 314 g/mol. The highest BCUT2D eigenvalue weighted by Crippen LogP contribution is 2.19. The largest absolute Gasteiger partial charge is 0.344 e. The van der Waals surface area contributed by atoms with Gasteiger partial charge in [0.15, 0.2) is 0 Å². The number of rotatable bonds is 3. The maximum Gasteiger partial charge on any atom is 0.138 e. The van der Waals surface area contributed by atoms with Crippen molar-refractivity contribution in [2.75, 3.05) is 44.3 Å². The van der Waals surface area contributed by atoms with Crippen molar-refractivity contribution in [1.29, 1.82) is 0 Å². The van der Waals surface area contributed by atoms with E-state index in [0.717, 1.165) is 51.6 Å². The maximum absolute atomic E-state index is 4.63. The summed E-state index contributed by atoms with van der Waals surface area (Å²) in [5.74, 6) is 1.19. The molecular weight excluding hydrogens is 288 g/mol. The van der Waals surface area contributed by atoms with E-state index in [-0.39, 0.29) is 0 Å². The lowest BCUT2D eigenvalue weighted by Gasteiger charge is -2.31. The molecule has 1 atom stereocenters. The Morgan fingerprint density at radius 3 is 3.09 bits per heavy atom. The van der Waals surface area contributed by atoms with Crippen LogP contribution in [0, 0.1) is 0 Å². The van der Waals surface area contributed by atoms with Crippen LogP contribution in [0.1, 0.15) is 18.9 Å². The summed E-state index contributed by atoms with van der Waals surface area (Å²) in [6.45, 7) is 9.70. The van der Waals surface area contributed by atoms with E-state index in [1.807, 2.05) is 6.20 Å². The molecule has 2 fully saturated rings. The number of fused-ring (bicyclic) bond motifs is 1. The molecule has 4 heterocycles. The second-order valence-electron chi connectivity index (χ2n) is 6.74. The molecule has 2 aromatic rings. The van der Waals surface area contributed by atoms with Gasteiger partial charge in [-0.1, -0.05) is 0 Å². The van der Waals surface area contributed by atoms with Gasteiger partial charge < -0.3 is 10.2 Å². The van der Waals surface area contributed by atoms with Gasteiger partial charge in [-0.2, -0.15) is 0 Å². The Labute approximate surface area is 137 Å². The summed E-state index contributed by atoms with van der Waals surface area (Å²) in [6, 6.07) is 5.05. The van der Waals surface area contributed by atoms with E-state index in [1.165, 1.54) is 17.8 Å². The minimum Gasteiger partial charge on any atom is -0.344 e. The Morgan fingerprint density at radius 1 is 1.30 bits per heavy atom. The van der Waals surface area contributed by atoms with Gasteiger partial charge in [-0.05, 0) is 37.6 Å². The van der Waals surface area contributed by atoms with E-state index in [4.69, 9.17) is 0 Å². The molecule has 2 saturated heterocycles. The fourth-order valence-electron chi connectivity index (χ4n) is 3.64. The van der Waals surface area contributed by atoms with Crippen LogP contribution in [0.3, 0.4) is 0 Å². The average Bonchev–Trinajstić information content (AvgIpc) is 2.99. The van der Waals surface area contributed by atoms with E-state index >= 15 is 0 Å². The lowest BCUT2D eigenvalue weighted by Crippen LogP contribution is -2.48. The molecule has 6 heteroatoms. The quantitative estimate of drug-likeness (QED) is 0.881. The van der Waals surface area contributed by atoms with Gasteiger partial charge in [-0.15, -0.1) is 0 Å². The predicted octanol–water partition coefficient (Wildman–Crippen LogP) is 0.885. The van der Waals surface area contributed by atoms with Crippen molar-refractivity contribution in [3.8, 4) is 0 Å². The first-order chi connectivity index (χ1) is 11.3. The number of anilines is 1. The third-order valence-corrected chi connectivity index (χ3v) is 4.83. The van der Waals surface area contributed by atoms with Crippen molar-refractivity contribution in [3.63, 3.8) is 0 Å². The zero-order valence-corrected chi connectivity index (χ0v) is 13.8. The number of aromatic nitrogens is 2. The first-order valence-electron chi connectivity index (χ1n) is 8.67. The summed E-state index contributed by atoms with van der Waals surface area (Å²) >= 11 is 0. The highest BCUT2D eigenvalue weighted by molar-refractivity contribution is 5.53. The number of imidazole rings is 1. The number of hydrogen-bond acceptors (Lipinski definition) is 5. The molecule has 2 N–H and O–H groups in total. The molecule has 2 aliphatic heterocycles. The second kappa shape index (κ2) is 6.47. The highest BCUT2D eigenvalue weighted by atomic mass is 15.3. The molecule has 0 aliphatic carbocycles. The fraction of sp³-hybridized carbons (Fsp3) is 0.588. The third-order valence-electron chi connectivity index (χ3n) is 4.83. The molecule has 0 aromatic carbocycles. The van der Waals surface area contributed by atoms with Crippen LogP contribution >= 0.6 is 0 Å². The van der Waals surface area contributed by atoms with Crippen molar-refractivity contribution in [2.45, 2.75) is 25.9 Å². The minimum absolute atomic E-state index is 0.581. The van der Waals surface area contributed by atoms with Gasteiger partial charge in [0.25, 0.3) is 0 Å². The zero-order valence-electron chi connectivity index (χ0n) is 13.8. The Morgan fingerprint density at radius 2 is 2.26 bits per heavy atom. The van der Waals surface area contributed by atoms with Crippen LogP contribution in [0.15, 0.2) is 24.5 Å². The van der Waals surface area contributed by atoms with Gasteiger partial charge in [0, 0.05) is 45.0 Å². The summed E-state index contributed by atoms with van der Waals surface area (Å²) in [6.07, 6.45) is 5.36. The number of piperazine rings is 1. The van der Waals surface area contributed by atoms with Crippen molar-refractivity contribution < 1.29 is 0 Å². The molecule has 0 amide bonds. The first-order valence-corrected chi connectivity index (χ1v) is 8.67. The molecular formula is C17H26N6. The Bertz CT molecular complexity index is 660. The molecule has 0 saturated carbocycles. The first kappa shape index (κ1) is 14.9. The number of nitrogens with one attached hydrogen (secondary N) is 2. The van der Waals surface area contributed by atoms with Gasteiger partial charge in [-0.3, -0.25) is 14.6 Å². The van der Waals surface area contributed by atoms with Crippen molar-refractivity contribution >= 4 is 11.5 Å². The Kier molecular flexibility index (Phi) is 4.20. The van der Waals surface area contributed by atoms with Crippen LogP contribution < -0.4 is 15.5 Å². The zero-order chi connectivity index (χ0) is 15.6. The van der Waals surface area contributed by atoms with Crippen LogP contribution in [-0.2, 0) is 6.54 Å². The normalized spacial score (nSPS) is 23.5. The van der Waals surface area contributed by atoms with Gasteiger partial charge in [0.1, 0.15) is 11.5 Å². The molecule has 0 radical (unpaired) electrons. The van der Waals surface area contributed by atoms with E-state index < -0.39 is 0 Å². The molecule has 124 valence electrons. The van der Waals surface area contributed by atoms with Gasteiger partial charge in [-0.25, -0.2) is 4.98 Å². The highest BCUT2D eigenvalue weighted by Gasteiger charge is 2.17. The predicted molar refractivity (Wildman–Crippen MR) is 92.8 cm³/mol. The molecule has 0 spiro atoms. The number of pyridine rings is 1. The molecule has 23 heavy (non-hydrogen) atoms. The second-order valence-corrected chi connectivity index (χ2v) is 6.74. The summed E-state index contributed by atoms with van der Waals surface area (Å²) in [5, 5.41) is 6.93. The van der Waals surface area contributed by atoms with Crippen LogP contribution in [0.4, 0.5) is 5.82 Å². The Balaban J connectivity index is 1.52. The van der Waals surface area contributed by atoms with Crippen molar-refractivity contribution in [3.05, 3.63) is 30.1 Å². The fourth-order valence-corrected chi connectivity index (χ4v) is 3.64. The average molecular weight is 314 g/mol. The summed E-state index contributed by atoms with van der Waals surface area (Å²) in [5.41, 5.74) is 2.40. The maximum atomic E-state index is 4.63. The van der Waals surface area contributed by atoms with E-state index in [2.05, 4.69) is 55.1 Å². The molecule has 6 nitrogen and oxygen atoms in total. The van der Waals surface area contributed by atoms with Crippen LogP contribution in [0.25, 0.3) is 5.65 Å². The van der Waals surface area contributed by atoms with Crippen LogP contribution in [-0.4, -0.2) is 59.7 Å². The SMILES string of the molecule is C[C@H]1CN(Cc2ccn3c(N4CCCNC4)cnc3c2)CCN1. The number of hydrogen-bond donors (Lipinski definition) is 2. The lowest BCUT2D eigenvalue weighted by atomic mass is 10.2. The van der Waals surface area contributed by atoms with Crippen molar-refractivity contribution in [1.82, 2.24) is 24.9 Å². The Hall–Kier alpha value is -1.63. The third kappa shape index (κ3) is 3.20. The van der Waals surface area contributed by atoms with Crippen LogP contribution in [0.2, 0.25) is 0 Å². The lowest BCUT2D eigenvalue weighted by molar-refractivity contribution is 0.199. The van der Waals surface area contributed by atoms with Crippen LogP contribution in [0.5, 0.6) is 0 Å². The van der Waals surface area contributed by atoms with E-state index in [1.54, 1.807) is 0 Å². The molecule has 2 aliphatic rings.